The molecule has 0 unspecified atom stereocenters. The molecule has 0 bridgehead atoms. The molecule has 1 aliphatic rings. The Hall–Kier alpha value is -1.45. The minimum Gasteiger partial charge on any atom is -0.314 e. The summed E-state index contributed by atoms with van der Waals surface area (Å²) in [4.78, 5) is 2.25. The molecule has 1 saturated heterocycles. The van der Waals surface area contributed by atoms with Gasteiger partial charge in [0.1, 0.15) is 6.67 Å². The molecular weight excluding hydrogens is 239 g/mol. The standard InChI is InChI=1S/C16H19FN2/c17-12-16(19-10-8-18-9-11-19)15-7-3-5-13-4-1-2-6-14(13)15/h1-7,16,18H,8-12H2/t16-/m0/s1. The van der Waals surface area contributed by atoms with E-state index in [1.54, 1.807) is 0 Å². The highest BCUT2D eigenvalue weighted by molar-refractivity contribution is 5.86. The van der Waals surface area contributed by atoms with E-state index in [4.69, 9.17) is 0 Å². The van der Waals surface area contributed by atoms with Crippen molar-refractivity contribution in [2.24, 2.45) is 0 Å². The fraction of sp³-hybridized carbons (Fsp3) is 0.375. The van der Waals surface area contributed by atoms with Gasteiger partial charge < -0.3 is 5.32 Å². The van der Waals surface area contributed by atoms with E-state index in [0.29, 0.717) is 0 Å². The molecule has 3 rings (SSSR count). The number of benzene rings is 2. The van der Waals surface area contributed by atoms with Crippen LogP contribution in [0, 0.1) is 0 Å². The lowest BCUT2D eigenvalue weighted by atomic mass is 9.98. The zero-order valence-electron chi connectivity index (χ0n) is 11.0. The molecule has 3 heteroatoms. The summed E-state index contributed by atoms with van der Waals surface area (Å²) in [6.07, 6.45) is 0. The van der Waals surface area contributed by atoms with Crippen LogP contribution in [0.3, 0.4) is 0 Å². The monoisotopic (exact) mass is 258 g/mol. The van der Waals surface area contributed by atoms with Gasteiger partial charge in [-0.05, 0) is 16.3 Å². The van der Waals surface area contributed by atoms with Gasteiger partial charge in [0.05, 0.1) is 6.04 Å². The van der Waals surface area contributed by atoms with Crippen LogP contribution in [-0.2, 0) is 0 Å². The van der Waals surface area contributed by atoms with Crippen LogP contribution in [0.25, 0.3) is 10.8 Å². The summed E-state index contributed by atoms with van der Waals surface area (Å²) in [5.74, 6) is 0. The maximum Gasteiger partial charge on any atom is 0.109 e. The maximum absolute atomic E-state index is 13.6. The van der Waals surface area contributed by atoms with Crippen molar-refractivity contribution in [3.63, 3.8) is 0 Å². The van der Waals surface area contributed by atoms with Crippen molar-refractivity contribution < 1.29 is 4.39 Å². The average Bonchev–Trinajstić information content (AvgIpc) is 2.49. The Balaban J connectivity index is 2.00. The predicted octanol–water partition coefficient (Wildman–Crippen LogP) is 2.76. The van der Waals surface area contributed by atoms with Crippen LogP contribution in [-0.4, -0.2) is 37.8 Å². The lowest BCUT2D eigenvalue weighted by molar-refractivity contribution is 0.148. The van der Waals surface area contributed by atoms with E-state index >= 15 is 0 Å². The molecule has 2 aromatic rings. The first kappa shape index (κ1) is 12.6. The van der Waals surface area contributed by atoms with Gasteiger partial charge in [-0.25, -0.2) is 4.39 Å². The van der Waals surface area contributed by atoms with E-state index in [9.17, 15) is 4.39 Å². The van der Waals surface area contributed by atoms with E-state index < -0.39 is 0 Å². The van der Waals surface area contributed by atoms with Crippen molar-refractivity contribution >= 4 is 10.8 Å². The van der Waals surface area contributed by atoms with E-state index in [1.165, 1.54) is 10.8 Å². The molecule has 0 aliphatic carbocycles. The van der Waals surface area contributed by atoms with Crippen LogP contribution in [0.5, 0.6) is 0 Å². The van der Waals surface area contributed by atoms with Crippen LogP contribution in [0.15, 0.2) is 42.5 Å². The van der Waals surface area contributed by atoms with Crippen LogP contribution in [0.1, 0.15) is 11.6 Å². The van der Waals surface area contributed by atoms with Crippen molar-refractivity contribution in [2.75, 3.05) is 32.9 Å². The van der Waals surface area contributed by atoms with Crippen LogP contribution >= 0.6 is 0 Å². The van der Waals surface area contributed by atoms with Gasteiger partial charge in [0, 0.05) is 26.2 Å². The van der Waals surface area contributed by atoms with Gasteiger partial charge in [0.15, 0.2) is 0 Å². The number of halogens is 1. The highest BCUT2D eigenvalue weighted by Gasteiger charge is 2.23. The van der Waals surface area contributed by atoms with Gasteiger partial charge in [-0.2, -0.15) is 0 Å². The summed E-state index contributed by atoms with van der Waals surface area (Å²) in [5, 5.41) is 5.68. The summed E-state index contributed by atoms with van der Waals surface area (Å²) in [6, 6.07) is 14.3. The minimum atomic E-state index is -0.325. The fourth-order valence-corrected chi connectivity index (χ4v) is 2.91. The first-order valence-electron chi connectivity index (χ1n) is 6.88. The highest BCUT2D eigenvalue weighted by atomic mass is 19.1. The van der Waals surface area contributed by atoms with E-state index in [0.717, 1.165) is 31.7 Å². The van der Waals surface area contributed by atoms with Crippen molar-refractivity contribution in [3.05, 3.63) is 48.0 Å². The molecule has 1 N–H and O–H groups in total. The normalized spacial score (nSPS) is 18.6. The Morgan fingerprint density at radius 1 is 1.05 bits per heavy atom. The van der Waals surface area contributed by atoms with E-state index in [2.05, 4.69) is 34.5 Å². The molecule has 2 aromatic carbocycles. The summed E-state index contributed by atoms with van der Waals surface area (Å²) in [6.45, 7) is 3.39. The minimum absolute atomic E-state index is 0.117. The summed E-state index contributed by atoms with van der Waals surface area (Å²) < 4.78 is 13.6. The third-order valence-corrected chi connectivity index (χ3v) is 3.92. The lowest BCUT2D eigenvalue weighted by Crippen LogP contribution is -2.45. The number of alkyl halides is 1. The van der Waals surface area contributed by atoms with E-state index in [-0.39, 0.29) is 12.7 Å². The van der Waals surface area contributed by atoms with Crippen molar-refractivity contribution in [2.45, 2.75) is 6.04 Å². The molecule has 2 nitrogen and oxygen atoms in total. The summed E-state index contributed by atoms with van der Waals surface area (Å²) in [7, 11) is 0. The number of fused-ring (bicyclic) bond motifs is 1. The number of hydrogen-bond acceptors (Lipinski definition) is 2. The third-order valence-electron chi connectivity index (χ3n) is 3.92. The van der Waals surface area contributed by atoms with Crippen LogP contribution < -0.4 is 5.32 Å². The van der Waals surface area contributed by atoms with Crippen LogP contribution in [0.4, 0.5) is 4.39 Å². The SMILES string of the molecule is FC[C@@H](c1cccc2ccccc12)N1CCNCC1. The maximum atomic E-state index is 13.6. The second-order valence-corrected chi connectivity index (χ2v) is 5.02. The first-order chi connectivity index (χ1) is 9.40. The lowest BCUT2D eigenvalue weighted by Gasteiger charge is -2.34. The number of hydrogen-bond donors (Lipinski definition) is 1. The Morgan fingerprint density at radius 2 is 1.79 bits per heavy atom. The summed E-state index contributed by atoms with van der Waals surface area (Å²) >= 11 is 0. The van der Waals surface area contributed by atoms with Gasteiger partial charge in [-0.3, -0.25) is 4.90 Å². The molecule has 1 heterocycles. The van der Waals surface area contributed by atoms with Crippen molar-refractivity contribution in [3.8, 4) is 0 Å². The molecule has 1 atom stereocenters. The Labute approximate surface area is 113 Å². The predicted molar refractivity (Wildman–Crippen MR) is 77.1 cm³/mol. The quantitative estimate of drug-likeness (QED) is 0.910. The molecule has 0 aromatic heterocycles. The summed E-state index contributed by atoms with van der Waals surface area (Å²) in [5.41, 5.74) is 1.11. The Kier molecular flexibility index (Phi) is 3.76. The van der Waals surface area contributed by atoms with Gasteiger partial charge in [0.2, 0.25) is 0 Å². The van der Waals surface area contributed by atoms with Crippen LogP contribution in [0.2, 0.25) is 0 Å². The Morgan fingerprint density at radius 3 is 2.58 bits per heavy atom. The zero-order valence-corrected chi connectivity index (χ0v) is 11.0. The molecule has 1 fully saturated rings. The molecule has 0 spiro atoms. The molecule has 0 radical (unpaired) electrons. The molecule has 19 heavy (non-hydrogen) atoms. The molecule has 100 valence electrons. The third kappa shape index (κ3) is 2.48. The van der Waals surface area contributed by atoms with Crippen molar-refractivity contribution in [1.82, 2.24) is 10.2 Å². The largest absolute Gasteiger partial charge is 0.314 e. The molecule has 0 saturated carbocycles. The second kappa shape index (κ2) is 5.68. The van der Waals surface area contributed by atoms with Gasteiger partial charge in [0.25, 0.3) is 0 Å². The van der Waals surface area contributed by atoms with Crippen molar-refractivity contribution in [1.29, 1.82) is 0 Å². The molecule has 0 amide bonds. The number of nitrogens with one attached hydrogen (secondary N) is 1. The average molecular weight is 258 g/mol. The second-order valence-electron chi connectivity index (χ2n) is 5.02. The number of rotatable bonds is 3. The Bertz CT molecular complexity index is 544. The molecule has 1 aliphatic heterocycles. The first-order valence-corrected chi connectivity index (χ1v) is 6.88. The highest BCUT2D eigenvalue weighted by Crippen LogP contribution is 2.28. The van der Waals surface area contributed by atoms with Gasteiger partial charge in [-0.15, -0.1) is 0 Å². The molecular formula is C16H19FN2. The van der Waals surface area contributed by atoms with E-state index in [1.807, 2.05) is 18.2 Å². The zero-order chi connectivity index (χ0) is 13.1. The number of nitrogens with zero attached hydrogens (tertiary/aromatic N) is 1. The number of piperazine rings is 1. The topological polar surface area (TPSA) is 15.3 Å². The van der Waals surface area contributed by atoms with Gasteiger partial charge in [-0.1, -0.05) is 42.5 Å². The van der Waals surface area contributed by atoms with Gasteiger partial charge >= 0.3 is 0 Å². The fourth-order valence-electron chi connectivity index (χ4n) is 2.91. The smallest absolute Gasteiger partial charge is 0.109 e.